The van der Waals surface area contributed by atoms with Gasteiger partial charge in [0.1, 0.15) is 11.5 Å². The molecule has 2 aromatic rings. The lowest BCUT2D eigenvalue weighted by Crippen LogP contribution is -1.91. The molecule has 1 heterocycles. The molecule has 0 aliphatic rings. The Hall–Kier alpha value is -1.32. The van der Waals surface area contributed by atoms with E-state index in [1.807, 2.05) is 19.1 Å². The van der Waals surface area contributed by atoms with Crippen molar-refractivity contribution >= 4 is 11.6 Å². The molecular weight excluding hydrogens is 226 g/mol. The highest BCUT2D eigenvalue weighted by Gasteiger charge is 2.17. The van der Waals surface area contributed by atoms with Gasteiger partial charge in [-0.25, -0.2) is 0 Å². The summed E-state index contributed by atoms with van der Waals surface area (Å²) in [5.74, 6) is 0.622. The molecule has 0 saturated carbocycles. The van der Waals surface area contributed by atoms with E-state index in [-0.39, 0.29) is 6.61 Å². The Morgan fingerprint density at radius 1 is 1.38 bits per heavy atom. The van der Waals surface area contributed by atoms with Crippen molar-refractivity contribution in [1.29, 1.82) is 0 Å². The van der Waals surface area contributed by atoms with Crippen molar-refractivity contribution in [3.05, 3.63) is 40.1 Å². The lowest BCUT2D eigenvalue weighted by atomic mass is 10.0. The second-order valence-electron chi connectivity index (χ2n) is 3.66. The van der Waals surface area contributed by atoms with Gasteiger partial charge in [-0.3, -0.25) is 0 Å². The number of aliphatic hydroxyl groups is 1. The van der Waals surface area contributed by atoms with E-state index in [1.165, 1.54) is 0 Å². The molecule has 0 atom stereocenters. The van der Waals surface area contributed by atoms with Crippen molar-refractivity contribution in [3.8, 4) is 11.3 Å². The largest absolute Gasteiger partial charge is 0.391 e. The molecule has 0 fully saturated rings. The summed E-state index contributed by atoms with van der Waals surface area (Å²) in [6.45, 7) is 3.62. The highest BCUT2D eigenvalue weighted by atomic mass is 35.5. The molecule has 0 bridgehead atoms. The molecule has 0 aliphatic carbocycles. The van der Waals surface area contributed by atoms with Crippen LogP contribution in [0.5, 0.6) is 0 Å². The fourth-order valence-corrected chi connectivity index (χ4v) is 2.02. The van der Waals surface area contributed by atoms with Crippen LogP contribution in [-0.4, -0.2) is 10.3 Å². The highest BCUT2D eigenvalue weighted by molar-refractivity contribution is 6.33. The van der Waals surface area contributed by atoms with Gasteiger partial charge in [0.05, 0.1) is 11.6 Å². The fourth-order valence-electron chi connectivity index (χ4n) is 1.71. The standard InChI is InChI=1S/C12H12ClNO2/c1-7-4-3-5-10(13)11(7)12-9(6-15)8(2)16-14-12/h3-5,15H,6H2,1-2H3. The van der Waals surface area contributed by atoms with Gasteiger partial charge in [0.15, 0.2) is 0 Å². The average molecular weight is 238 g/mol. The Morgan fingerprint density at radius 2 is 2.12 bits per heavy atom. The first-order valence-electron chi connectivity index (χ1n) is 4.96. The van der Waals surface area contributed by atoms with Gasteiger partial charge in [-0.15, -0.1) is 0 Å². The van der Waals surface area contributed by atoms with E-state index < -0.39 is 0 Å². The number of benzene rings is 1. The number of aliphatic hydroxyl groups excluding tert-OH is 1. The zero-order chi connectivity index (χ0) is 11.7. The smallest absolute Gasteiger partial charge is 0.139 e. The maximum absolute atomic E-state index is 9.29. The minimum absolute atomic E-state index is 0.102. The zero-order valence-electron chi connectivity index (χ0n) is 9.12. The number of halogens is 1. The van der Waals surface area contributed by atoms with E-state index in [1.54, 1.807) is 13.0 Å². The number of aromatic nitrogens is 1. The minimum Gasteiger partial charge on any atom is -0.391 e. The summed E-state index contributed by atoms with van der Waals surface area (Å²) < 4.78 is 5.08. The molecule has 0 aliphatic heterocycles. The number of hydrogen-bond donors (Lipinski definition) is 1. The summed E-state index contributed by atoms with van der Waals surface area (Å²) in [7, 11) is 0. The van der Waals surface area contributed by atoms with Crippen LogP contribution in [0.2, 0.25) is 5.02 Å². The van der Waals surface area contributed by atoms with Crippen molar-refractivity contribution in [3.63, 3.8) is 0 Å². The van der Waals surface area contributed by atoms with E-state index in [9.17, 15) is 5.11 Å². The normalized spacial score (nSPS) is 10.8. The van der Waals surface area contributed by atoms with Crippen LogP contribution < -0.4 is 0 Å². The minimum atomic E-state index is -0.102. The third-order valence-corrected chi connectivity index (χ3v) is 2.92. The van der Waals surface area contributed by atoms with E-state index >= 15 is 0 Å². The molecule has 1 aromatic heterocycles. The molecule has 2 rings (SSSR count). The molecule has 84 valence electrons. The Bertz CT molecular complexity index is 499. The van der Waals surface area contributed by atoms with Crippen molar-refractivity contribution in [2.75, 3.05) is 0 Å². The summed E-state index contributed by atoms with van der Waals surface area (Å²) in [6, 6.07) is 5.63. The molecule has 1 aromatic carbocycles. The second-order valence-corrected chi connectivity index (χ2v) is 4.06. The maximum Gasteiger partial charge on any atom is 0.139 e. The van der Waals surface area contributed by atoms with Crippen LogP contribution in [-0.2, 0) is 6.61 Å². The first kappa shape index (κ1) is 11.2. The van der Waals surface area contributed by atoms with E-state index in [4.69, 9.17) is 16.1 Å². The zero-order valence-corrected chi connectivity index (χ0v) is 9.88. The molecule has 0 amide bonds. The highest BCUT2D eigenvalue weighted by Crippen LogP contribution is 2.33. The SMILES string of the molecule is Cc1cccc(Cl)c1-c1noc(C)c1CO. The summed E-state index contributed by atoms with van der Waals surface area (Å²) in [5, 5.41) is 13.9. The van der Waals surface area contributed by atoms with Crippen molar-refractivity contribution in [2.24, 2.45) is 0 Å². The van der Waals surface area contributed by atoms with Crippen LogP contribution in [0, 0.1) is 13.8 Å². The van der Waals surface area contributed by atoms with Crippen LogP contribution in [0.4, 0.5) is 0 Å². The van der Waals surface area contributed by atoms with Gasteiger partial charge < -0.3 is 9.63 Å². The number of rotatable bonds is 2. The van der Waals surface area contributed by atoms with E-state index in [0.717, 1.165) is 11.1 Å². The fraction of sp³-hybridized carbons (Fsp3) is 0.250. The first-order valence-corrected chi connectivity index (χ1v) is 5.34. The predicted molar refractivity (Wildman–Crippen MR) is 62.3 cm³/mol. The van der Waals surface area contributed by atoms with Gasteiger partial charge in [0, 0.05) is 11.1 Å². The summed E-state index contributed by atoms with van der Waals surface area (Å²) in [5.41, 5.74) is 3.15. The summed E-state index contributed by atoms with van der Waals surface area (Å²) >= 11 is 6.14. The molecule has 0 unspecified atom stereocenters. The third-order valence-electron chi connectivity index (χ3n) is 2.60. The van der Waals surface area contributed by atoms with Crippen LogP contribution in [0.1, 0.15) is 16.9 Å². The van der Waals surface area contributed by atoms with Crippen molar-refractivity contribution < 1.29 is 9.63 Å². The van der Waals surface area contributed by atoms with Gasteiger partial charge in [-0.1, -0.05) is 28.9 Å². The van der Waals surface area contributed by atoms with Crippen molar-refractivity contribution in [1.82, 2.24) is 5.16 Å². The Morgan fingerprint density at radius 3 is 2.75 bits per heavy atom. The Kier molecular flexibility index (Phi) is 2.99. The van der Waals surface area contributed by atoms with Crippen molar-refractivity contribution in [2.45, 2.75) is 20.5 Å². The lowest BCUT2D eigenvalue weighted by Gasteiger charge is -2.06. The summed E-state index contributed by atoms with van der Waals surface area (Å²) in [4.78, 5) is 0. The average Bonchev–Trinajstić information content (AvgIpc) is 2.59. The molecule has 0 spiro atoms. The van der Waals surface area contributed by atoms with Crippen LogP contribution in [0.25, 0.3) is 11.3 Å². The van der Waals surface area contributed by atoms with E-state index in [0.29, 0.717) is 22.0 Å². The molecule has 4 heteroatoms. The first-order chi connectivity index (χ1) is 7.65. The molecule has 0 saturated heterocycles. The van der Waals surface area contributed by atoms with Gasteiger partial charge >= 0.3 is 0 Å². The van der Waals surface area contributed by atoms with Crippen LogP contribution in [0.3, 0.4) is 0 Å². The van der Waals surface area contributed by atoms with Crippen LogP contribution in [0.15, 0.2) is 22.7 Å². The van der Waals surface area contributed by atoms with Crippen LogP contribution >= 0.6 is 11.6 Å². The van der Waals surface area contributed by atoms with Gasteiger partial charge in [0.25, 0.3) is 0 Å². The lowest BCUT2D eigenvalue weighted by molar-refractivity contribution is 0.278. The monoisotopic (exact) mass is 237 g/mol. The number of hydrogen-bond acceptors (Lipinski definition) is 3. The maximum atomic E-state index is 9.29. The second kappa shape index (κ2) is 4.28. The molecular formula is C12H12ClNO2. The van der Waals surface area contributed by atoms with Gasteiger partial charge in [0.2, 0.25) is 0 Å². The Balaban J connectivity index is 2.67. The Labute approximate surface area is 98.6 Å². The number of nitrogens with zero attached hydrogens (tertiary/aromatic N) is 1. The topological polar surface area (TPSA) is 46.3 Å². The molecule has 16 heavy (non-hydrogen) atoms. The van der Waals surface area contributed by atoms with Gasteiger partial charge in [-0.2, -0.15) is 0 Å². The number of aryl methyl sites for hydroxylation is 2. The molecule has 3 nitrogen and oxygen atoms in total. The third kappa shape index (κ3) is 1.72. The predicted octanol–water partition coefficient (Wildman–Crippen LogP) is 3.10. The molecule has 1 N–H and O–H groups in total. The van der Waals surface area contributed by atoms with Gasteiger partial charge in [-0.05, 0) is 25.5 Å². The molecule has 0 radical (unpaired) electrons. The quantitative estimate of drug-likeness (QED) is 0.873. The summed E-state index contributed by atoms with van der Waals surface area (Å²) in [6.07, 6.45) is 0. The van der Waals surface area contributed by atoms with E-state index in [2.05, 4.69) is 5.16 Å².